The lowest BCUT2D eigenvalue weighted by atomic mass is 10.1. The Hall–Kier alpha value is -1.92. The minimum absolute atomic E-state index is 0.0135. The second-order valence-electron chi connectivity index (χ2n) is 5.48. The van der Waals surface area contributed by atoms with Crippen LogP contribution in [0.25, 0.3) is 0 Å². The normalized spacial score (nSPS) is 13.1. The molecule has 21 heavy (non-hydrogen) atoms. The number of aliphatic imine (C=N–C) groups is 1. The van der Waals surface area contributed by atoms with Gasteiger partial charge in [0, 0.05) is 5.54 Å². The van der Waals surface area contributed by atoms with Crippen LogP contribution in [0, 0.1) is 0 Å². The summed E-state index contributed by atoms with van der Waals surface area (Å²) in [6, 6.07) is 5.07. The van der Waals surface area contributed by atoms with Crippen LogP contribution in [-0.4, -0.2) is 24.7 Å². The molecule has 0 fully saturated rings. The molecule has 3 N–H and O–H groups in total. The number of nitrogens with zero attached hydrogens (tertiary/aromatic N) is 1. The molecule has 0 aromatic heterocycles. The van der Waals surface area contributed by atoms with E-state index in [2.05, 4.69) is 10.3 Å². The molecule has 0 amide bonds. The van der Waals surface area contributed by atoms with E-state index in [1.54, 1.807) is 0 Å². The summed E-state index contributed by atoms with van der Waals surface area (Å²) in [4.78, 5) is 3.99. The zero-order valence-electron chi connectivity index (χ0n) is 12.3. The van der Waals surface area contributed by atoms with E-state index >= 15 is 0 Å². The van der Waals surface area contributed by atoms with Crippen molar-refractivity contribution in [1.82, 2.24) is 5.32 Å². The molecule has 4 nitrogen and oxygen atoms in total. The van der Waals surface area contributed by atoms with Gasteiger partial charge in [0.1, 0.15) is 12.4 Å². The molecule has 7 heteroatoms. The minimum atomic E-state index is -4.44. The Kier molecular flexibility index (Phi) is 5.46. The molecule has 0 heterocycles. The topological polar surface area (TPSA) is 59.6 Å². The first-order chi connectivity index (χ1) is 9.59. The van der Waals surface area contributed by atoms with Crippen molar-refractivity contribution in [3.05, 3.63) is 29.8 Å². The van der Waals surface area contributed by atoms with Crippen LogP contribution in [0.1, 0.15) is 26.3 Å². The number of hydrogen-bond acceptors (Lipinski definition) is 2. The van der Waals surface area contributed by atoms with Gasteiger partial charge in [-0.2, -0.15) is 13.2 Å². The van der Waals surface area contributed by atoms with Crippen molar-refractivity contribution in [1.29, 1.82) is 0 Å². The highest BCUT2D eigenvalue weighted by Crippen LogP contribution is 2.35. The van der Waals surface area contributed by atoms with Gasteiger partial charge in [0.05, 0.1) is 12.1 Å². The number of hydrogen-bond donors (Lipinski definition) is 2. The molecule has 0 saturated heterocycles. The van der Waals surface area contributed by atoms with E-state index in [1.165, 1.54) is 18.2 Å². The number of guanidine groups is 1. The summed E-state index contributed by atoms with van der Waals surface area (Å²) in [6.07, 6.45) is -4.44. The SMILES string of the molecule is CC(C)(C)NC(N)=NCCOc1ccccc1C(F)(F)F. The van der Waals surface area contributed by atoms with Crippen molar-refractivity contribution in [3.63, 3.8) is 0 Å². The van der Waals surface area contributed by atoms with E-state index in [9.17, 15) is 13.2 Å². The molecule has 1 aromatic rings. The fourth-order valence-electron chi connectivity index (χ4n) is 1.57. The maximum Gasteiger partial charge on any atom is 0.419 e. The highest BCUT2D eigenvalue weighted by Gasteiger charge is 2.33. The summed E-state index contributed by atoms with van der Waals surface area (Å²) in [5, 5.41) is 2.95. The van der Waals surface area contributed by atoms with E-state index in [4.69, 9.17) is 10.5 Å². The van der Waals surface area contributed by atoms with E-state index < -0.39 is 11.7 Å². The average molecular weight is 303 g/mol. The van der Waals surface area contributed by atoms with Crippen LogP contribution in [-0.2, 0) is 6.18 Å². The van der Waals surface area contributed by atoms with Crippen LogP contribution in [0.4, 0.5) is 13.2 Å². The summed E-state index contributed by atoms with van der Waals surface area (Å²) in [5.41, 5.74) is 4.62. The molecule has 1 aromatic carbocycles. The molecule has 0 aliphatic heterocycles. The number of ether oxygens (including phenoxy) is 1. The summed E-state index contributed by atoms with van der Waals surface area (Å²) in [7, 11) is 0. The van der Waals surface area contributed by atoms with E-state index in [-0.39, 0.29) is 30.4 Å². The van der Waals surface area contributed by atoms with E-state index in [0.717, 1.165) is 6.07 Å². The quantitative estimate of drug-likeness (QED) is 0.511. The van der Waals surface area contributed by atoms with Gasteiger partial charge in [-0.25, -0.2) is 4.99 Å². The predicted octanol–water partition coefficient (Wildman–Crippen LogP) is 2.79. The molecule has 118 valence electrons. The Balaban J connectivity index is 2.56. The van der Waals surface area contributed by atoms with Crippen LogP contribution in [0.3, 0.4) is 0 Å². The maximum absolute atomic E-state index is 12.7. The lowest BCUT2D eigenvalue weighted by Crippen LogP contribution is -2.45. The second-order valence-corrected chi connectivity index (χ2v) is 5.48. The van der Waals surface area contributed by atoms with Crippen LogP contribution in [0.15, 0.2) is 29.3 Å². The van der Waals surface area contributed by atoms with Crippen LogP contribution in [0.5, 0.6) is 5.75 Å². The fourth-order valence-corrected chi connectivity index (χ4v) is 1.57. The zero-order valence-corrected chi connectivity index (χ0v) is 12.3. The van der Waals surface area contributed by atoms with Gasteiger partial charge in [-0.1, -0.05) is 12.1 Å². The Morgan fingerprint density at radius 3 is 2.43 bits per heavy atom. The fraction of sp³-hybridized carbons (Fsp3) is 0.500. The van der Waals surface area contributed by atoms with Gasteiger partial charge in [0.15, 0.2) is 5.96 Å². The zero-order chi connectivity index (χ0) is 16.1. The molecule has 0 bridgehead atoms. The Labute approximate surface area is 122 Å². The van der Waals surface area contributed by atoms with Crippen molar-refractivity contribution in [2.45, 2.75) is 32.5 Å². The molecular weight excluding hydrogens is 283 g/mol. The first kappa shape index (κ1) is 17.1. The van der Waals surface area contributed by atoms with Crippen molar-refractivity contribution in [3.8, 4) is 5.75 Å². The summed E-state index contributed by atoms with van der Waals surface area (Å²) >= 11 is 0. The molecule has 0 radical (unpaired) electrons. The van der Waals surface area contributed by atoms with Crippen molar-refractivity contribution >= 4 is 5.96 Å². The highest BCUT2D eigenvalue weighted by molar-refractivity contribution is 5.78. The van der Waals surface area contributed by atoms with Gasteiger partial charge in [0.25, 0.3) is 0 Å². The van der Waals surface area contributed by atoms with E-state index in [1.807, 2.05) is 20.8 Å². The first-order valence-electron chi connectivity index (χ1n) is 6.47. The van der Waals surface area contributed by atoms with Gasteiger partial charge >= 0.3 is 6.18 Å². The van der Waals surface area contributed by atoms with Crippen molar-refractivity contribution in [2.24, 2.45) is 10.7 Å². The number of nitrogens with one attached hydrogen (secondary N) is 1. The summed E-state index contributed by atoms with van der Waals surface area (Å²) in [6.45, 7) is 5.95. The smallest absolute Gasteiger partial charge is 0.419 e. The van der Waals surface area contributed by atoms with E-state index in [0.29, 0.717) is 0 Å². The molecule has 0 aliphatic carbocycles. The third-order valence-electron chi connectivity index (χ3n) is 2.33. The van der Waals surface area contributed by atoms with Crippen molar-refractivity contribution in [2.75, 3.05) is 13.2 Å². The number of para-hydroxylation sites is 1. The van der Waals surface area contributed by atoms with Crippen LogP contribution < -0.4 is 15.8 Å². The first-order valence-corrected chi connectivity index (χ1v) is 6.47. The Morgan fingerprint density at radius 1 is 1.24 bits per heavy atom. The highest BCUT2D eigenvalue weighted by atomic mass is 19.4. The number of alkyl halides is 3. The summed E-state index contributed by atoms with van der Waals surface area (Å²) < 4.78 is 43.3. The standard InChI is InChI=1S/C14H20F3N3O/c1-13(2,3)20-12(18)19-8-9-21-11-7-5-4-6-10(11)14(15,16)17/h4-7H,8-9H2,1-3H3,(H3,18,19,20). The molecule has 0 aliphatic rings. The van der Waals surface area contributed by atoms with Gasteiger partial charge in [0.2, 0.25) is 0 Å². The second kappa shape index (κ2) is 6.69. The largest absolute Gasteiger partial charge is 0.491 e. The molecule has 0 atom stereocenters. The third kappa shape index (κ3) is 6.37. The lowest BCUT2D eigenvalue weighted by Gasteiger charge is -2.21. The molecule has 1 rings (SSSR count). The average Bonchev–Trinajstić information content (AvgIpc) is 2.32. The van der Waals surface area contributed by atoms with Crippen molar-refractivity contribution < 1.29 is 17.9 Å². The van der Waals surface area contributed by atoms with Crippen LogP contribution >= 0.6 is 0 Å². The molecule has 0 unspecified atom stereocenters. The van der Waals surface area contributed by atoms with Gasteiger partial charge < -0.3 is 15.8 Å². The number of nitrogens with two attached hydrogens (primary N) is 1. The number of rotatable bonds is 4. The predicted molar refractivity (Wildman–Crippen MR) is 76.3 cm³/mol. The number of benzene rings is 1. The van der Waals surface area contributed by atoms with Gasteiger partial charge in [-0.3, -0.25) is 0 Å². The molecular formula is C14H20F3N3O. The monoisotopic (exact) mass is 303 g/mol. The minimum Gasteiger partial charge on any atom is -0.491 e. The Morgan fingerprint density at radius 2 is 1.86 bits per heavy atom. The van der Waals surface area contributed by atoms with Gasteiger partial charge in [-0.15, -0.1) is 0 Å². The third-order valence-corrected chi connectivity index (χ3v) is 2.33. The van der Waals surface area contributed by atoms with Gasteiger partial charge in [-0.05, 0) is 32.9 Å². The lowest BCUT2D eigenvalue weighted by molar-refractivity contribution is -0.138. The van der Waals surface area contributed by atoms with Crippen LogP contribution in [0.2, 0.25) is 0 Å². The molecule has 0 spiro atoms. The summed E-state index contributed by atoms with van der Waals surface area (Å²) in [5.74, 6) is 0.0257. The maximum atomic E-state index is 12.7. The number of halogens is 3. The molecule has 0 saturated carbocycles. The Bertz CT molecular complexity index is 493.